The summed E-state index contributed by atoms with van der Waals surface area (Å²) in [4.78, 5) is 28.7. The molecule has 0 spiro atoms. The Labute approximate surface area is 204 Å². The molecule has 0 atom stereocenters. The number of likely N-dealkylation sites (N-methyl/N-ethyl adjacent to an activating group) is 1. The number of urea groups is 1. The van der Waals surface area contributed by atoms with E-state index in [1.54, 1.807) is 42.5 Å². The van der Waals surface area contributed by atoms with Gasteiger partial charge in [0.1, 0.15) is 23.7 Å². The molecule has 0 radical (unpaired) electrons. The molecule has 0 aliphatic rings. The second-order valence-corrected chi connectivity index (χ2v) is 7.57. The lowest BCUT2D eigenvalue weighted by Crippen LogP contribution is -2.19. The molecule has 0 saturated heterocycles. The molecule has 3 rings (SSSR count). The van der Waals surface area contributed by atoms with Gasteiger partial charge in [0.05, 0.1) is 11.4 Å². The fraction of sp³-hybridized carbons (Fsp3) is 0.148. The maximum atomic E-state index is 11.3. The van der Waals surface area contributed by atoms with Gasteiger partial charge in [0.25, 0.3) is 0 Å². The third-order valence-corrected chi connectivity index (χ3v) is 4.58. The van der Waals surface area contributed by atoms with Gasteiger partial charge in [-0.2, -0.15) is 0 Å². The number of hydrogen-bond acceptors (Lipinski definition) is 5. The molecular formula is C27H25N5O3. The second kappa shape index (κ2) is 12.4. The maximum absolute atomic E-state index is 11.3. The van der Waals surface area contributed by atoms with E-state index < -0.39 is 6.03 Å². The quantitative estimate of drug-likeness (QED) is 0.366. The van der Waals surface area contributed by atoms with Crippen LogP contribution in [0.4, 0.5) is 16.2 Å². The zero-order valence-electron chi connectivity index (χ0n) is 19.5. The van der Waals surface area contributed by atoms with Gasteiger partial charge in [-0.15, -0.1) is 0 Å². The number of ether oxygens (including phenoxy) is 1. The molecule has 0 bridgehead atoms. The molecule has 4 N–H and O–H groups in total. The zero-order valence-corrected chi connectivity index (χ0v) is 19.5. The topological polar surface area (TPSA) is 110 Å². The number of para-hydroxylation sites is 2. The minimum Gasteiger partial charge on any atom is -0.492 e. The second-order valence-electron chi connectivity index (χ2n) is 7.57. The molecule has 8 heteroatoms. The highest BCUT2D eigenvalue weighted by Crippen LogP contribution is 2.17. The van der Waals surface area contributed by atoms with Crippen molar-refractivity contribution in [3.05, 3.63) is 83.2 Å². The van der Waals surface area contributed by atoms with Gasteiger partial charge in [0.2, 0.25) is 6.41 Å². The van der Waals surface area contributed by atoms with E-state index in [9.17, 15) is 9.59 Å². The van der Waals surface area contributed by atoms with Crippen LogP contribution in [0.2, 0.25) is 0 Å². The smallest absolute Gasteiger partial charge is 0.316 e. The highest BCUT2D eigenvalue weighted by Gasteiger charge is 2.04. The van der Waals surface area contributed by atoms with Crippen molar-refractivity contribution in [3.8, 4) is 29.4 Å². The molecule has 0 aliphatic heterocycles. The molecule has 0 fully saturated rings. The first-order chi connectivity index (χ1) is 16.9. The van der Waals surface area contributed by atoms with E-state index in [-0.39, 0.29) is 0 Å². The Morgan fingerprint density at radius 3 is 2.11 bits per heavy atom. The number of nitrogens with one attached hydrogen (secondary N) is 2. The molecule has 3 amide bonds. The molecule has 0 aliphatic carbocycles. The molecule has 35 heavy (non-hydrogen) atoms. The van der Waals surface area contributed by atoms with Crippen LogP contribution in [0, 0.1) is 23.7 Å². The van der Waals surface area contributed by atoms with E-state index in [0.29, 0.717) is 52.7 Å². The molecule has 3 aromatic rings. The van der Waals surface area contributed by atoms with Crippen molar-refractivity contribution in [1.29, 1.82) is 0 Å². The average molecular weight is 468 g/mol. The average Bonchev–Trinajstić information content (AvgIpc) is 2.82. The van der Waals surface area contributed by atoms with Crippen LogP contribution in [0.15, 0.2) is 60.7 Å². The summed E-state index contributed by atoms with van der Waals surface area (Å²) in [5, 5.41) is 5.20. The predicted octanol–water partition coefficient (Wildman–Crippen LogP) is 2.88. The third-order valence-electron chi connectivity index (χ3n) is 4.58. The van der Waals surface area contributed by atoms with E-state index in [4.69, 9.17) is 10.5 Å². The first-order valence-electron chi connectivity index (χ1n) is 10.7. The summed E-state index contributed by atoms with van der Waals surface area (Å²) in [6, 6.07) is 17.1. The number of primary amides is 1. The number of aromatic nitrogens is 1. The molecule has 1 aromatic heterocycles. The van der Waals surface area contributed by atoms with Crippen molar-refractivity contribution >= 4 is 23.8 Å². The summed E-state index contributed by atoms with van der Waals surface area (Å²) >= 11 is 0. The van der Waals surface area contributed by atoms with Crippen molar-refractivity contribution < 1.29 is 14.3 Å². The minimum atomic E-state index is -0.671. The Bertz CT molecular complexity index is 1330. The molecular weight excluding hydrogens is 442 g/mol. The summed E-state index contributed by atoms with van der Waals surface area (Å²) in [7, 11) is 3.93. The molecule has 8 nitrogen and oxygen atoms in total. The van der Waals surface area contributed by atoms with Crippen LogP contribution >= 0.6 is 0 Å². The van der Waals surface area contributed by atoms with E-state index in [0.717, 1.165) is 6.54 Å². The van der Waals surface area contributed by atoms with Crippen LogP contribution in [-0.2, 0) is 4.79 Å². The van der Waals surface area contributed by atoms with Gasteiger partial charge >= 0.3 is 6.03 Å². The Morgan fingerprint density at radius 1 is 0.971 bits per heavy atom. The van der Waals surface area contributed by atoms with Crippen molar-refractivity contribution in [2.24, 2.45) is 5.73 Å². The van der Waals surface area contributed by atoms with Crippen molar-refractivity contribution in [2.75, 3.05) is 37.9 Å². The number of carbonyl (C=O) groups excluding carboxylic acids is 2. The predicted molar refractivity (Wildman–Crippen MR) is 136 cm³/mol. The van der Waals surface area contributed by atoms with Gasteiger partial charge < -0.3 is 26.0 Å². The highest BCUT2D eigenvalue weighted by atomic mass is 16.5. The Hall–Kier alpha value is -4.79. The number of pyridine rings is 1. The van der Waals surface area contributed by atoms with Crippen LogP contribution in [0.1, 0.15) is 22.5 Å². The molecule has 176 valence electrons. The Morgan fingerprint density at radius 2 is 1.54 bits per heavy atom. The number of nitrogens with zero attached hydrogens (tertiary/aromatic N) is 2. The van der Waals surface area contributed by atoms with Gasteiger partial charge in [-0.05, 0) is 50.2 Å². The standard InChI is InChI=1S/C27H25N5O3/c1-32(2)15-16-35-24-17-22(13-11-20-7-3-5-9-25(20)29-19-33)30-23(18-24)14-12-21-8-4-6-10-26(21)31-27(28)34/h3-10,17-19H,15-16H2,1-2H3,(H,29,33)(H3,28,31,34). The maximum Gasteiger partial charge on any atom is 0.316 e. The third kappa shape index (κ3) is 7.93. The summed E-state index contributed by atoms with van der Waals surface area (Å²) in [5.74, 6) is 12.7. The van der Waals surface area contributed by atoms with E-state index >= 15 is 0 Å². The first-order valence-corrected chi connectivity index (χ1v) is 10.7. The lowest BCUT2D eigenvalue weighted by molar-refractivity contribution is -0.105. The first kappa shape index (κ1) is 24.8. The van der Waals surface area contributed by atoms with Crippen LogP contribution < -0.4 is 21.1 Å². The lowest BCUT2D eigenvalue weighted by Gasteiger charge is -2.11. The van der Waals surface area contributed by atoms with E-state index in [1.807, 2.05) is 37.2 Å². The van der Waals surface area contributed by atoms with Crippen LogP contribution in [0.25, 0.3) is 0 Å². The van der Waals surface area contributed by atoms with Gasteiger partial charge in [-0.25, -0.2) is 9.78 Å². The monoisotopic (exact) mass is 467 g/mol. The number of amides is 3. The minimum absolute atomic E-state index is 0.449. The lowest BCUT2D eigenvalue weighted by atomic mass is 10.1. The fourth-order valence-corrected chi connectivity index (χ4v) is 2.94. The summed E-state index contributed by atoms with van der Waals surface area (Å²) in [6.07, 6.45) is 0.608. The normalized spacial score (nSPS) is 9.80. The molecule has 0 unspecified atom stereocenters. The van der Waals surface area contributed by atoms with E-state index in [1.165, 1.54) is 0 Å². The number of anilines is 2. The van der Waals surface area contributed by atoms with Gasteiger partial charge in [0, 0.05) is 29.8 Å². The summed E-state index contributed by atoms with van der Waals surface area (Å²) in [6.45, 7) is 1.22. The highest BCUT2D eigenvalue weighted by molar-refractivity contribution is 5.89. The van der Waals surface area contributed by atoms with Gasteiger partial charge in [-0.3, -0.25) is 4.79 Å². The molecule has 1 heterocycles. The number of nitrogens with two attached hydrogens (primary N) is 1. The molecule has 2 aromatic carbocycles. The summed E-state index contributed by atoms with van der Waals surface area (Å²) in [5.41, 5.74) is 8.51. The number of hydrogen-bond donors (Lipinski definition) is 3. The van der Waals surface area contributed by atoms with E-state index in [2.05, 4.69) is 39.3 Å². The SMILES string of the molecule is CN(C)CCOc1cc(C#Cc2ccccc2NC=O)nc(C#Cc2ccccc2NC(N)=O)c1. The van der Waals surface area contributed by atoms with Crippen molar-refractivity contribution in [3.63, 3.8) is 0 Å². The van der Waals surface area contributed by atoms with Crippen LogP contribution in [0.5, 0.6) is 5.75 Å². The van der Waals surface area contributed by atoms with Gasteiger partial charge in [-0.1, -0.05) is 36.1 Å². The Kier molecular flexibility index (Phi) is 8.84. The van der Waals surface area contributed by atoms with Crippen LogP contribution in [0.3, 0.4) is 0 Å². The summed E-state index contributed by atoms with van der Waals surface area (Å²) < 4.78 is 5.89. The van der Waals surface area contributed by atoms with Gasteiger partial charge in [0.15, 0.2) is 0 Å². The van der Waals surface area contributed by atoms with Crippen molar-refractivity contribution in [2.45, 2.75) is 0 Å². The van der Waals surface area contributed by atoms with Crippen LogP contribution in [-0.4, -0.2) is 49.6 Å². The number of benzene rings is 2. The van der Waals surface area contributed by atoms with Crippen molar-refractivity contribution in [1.82, 2.24) is 9.88 Å². The number of rotatable bonds is 7. The molecule has 0 saturated carbocycles. The fourth-order valence-electron chi connectivity index (χ4n) is 2.94. The zero-order chi connectivity index (χ0) is 25.0. The Balaban J connectivity index is 1.97. The number of carbonyl (C=O) groups is 2. The largest absolute Gasteiger partial charge is 0.492 e.